The van der Waals surface area contributed by atoms with Gasteiger partial charge in [-0.25, -0.2) is 8.78 Å². The number of rotatable bonds is 16. The quantitative estimate of drug-likeness (QED) is 0.0674. The van der Waals surface area contributed by atoms with E-state index in [9.17, 15) is 18.4 Å². The van der Waals surface area contributed by atoms with Crippen LogP contribution in [0.2, 0.25) is 0 Å². The Hall–Kier alpha value is -4.36. The summed E-state index contributed by atoms with van der Waals surface area (Å²) < 4.78 is 47.5. The maximum Gasteiger partial charge on any atom is 0.264 e. The number of anilines is 1. The largest absolute Gasteiger partial charge is 0.497 e. The van der Waals surface area contributed by atoms with E-state index in [1.807, 2.05) is 6.92 Å². The van der Waals surface area contributed by atoms with Gasteiger partial charge in [-0.05, 0) is 43.5 Å². The number of amides is 1. The van der Waals surface area contributed by atoms with Crippen molar-refractivity contribution in [2.45, 2.75) is 45.4 Å². The van der Waals surface area contributed by atoms with Crippen LogP contribution < -0.4 is 24.5 Å². The lowest BCUT2D eigenvalue weighted by Crippen LogP contribution is -2.35. The highest BCUT2D eigenvalue weighted by molar-refractivity contribution is 9.09. The first-order valence-corrected chi connectivity index (χ1v) is 16.3. The lowest BCUT2D eigenvalue weighted by molar-refractivity contribution is 0.0988. The van der Waals surface area contributed by atoms with E-state index >= 15 is 0 Å². The van der Waals surface area contributed by atoms with Gasteiger partial charge in [0.1, 0.15) is 34.4 Å². The Labute approximate surface area is 276 Å². The van der Waals surface area contributed by atoms with E-state index in [-0.39, 0.29) is 23.2 Å². The summed E-state index contributed by atoms with van der Waals surface area (Å²) in [5.41, 5.74) is 0.0986. The van der Waals surface area contributed by atoms with Crippen molar-refractivity contribution >= 4 is 38.4 Å². The zero-order valence-electron chi connectivity index (χ0n) is 26.0. The minimum Gasteiger partial charge on any atom is -0.497 e. The molecular formula is C36H37BrF2N2O5. The standard InChI is InChI=1S/C36H37BrF2N2O5/c1-4-14-40(27-18-25(38)17-26(39)19-27)36(43)33-24-41(28-20-30(44-3)22-31(21-28)45-15-5-2)34-23-29(11-12-32(34)35(33)42)46-16-10-8-6-7-9-13-37/h1,11-12,17-24H,5-10,13-16H2,2-3H3. The number of nitrogens with zero attached hydrogens (tertiary/aromatic N) is 2. The van der Waals surface area contributed by atoms with Gasteiger partial charge in [-0.15, -0.1) is 6.42 Å². The van der Waals surface area contributed by atoms with Gasteiger partial charge in [0.15, 0.2) is 0 Å². The molecule has 7 nitrogen and oxygen atoms in total. The van der Waals surface area contributed by atoms with Crippen LogP contribution in [0.1, 0.15) is 55.8 Å². The van der Waals surface area contributed by atoms with E-state index in [1.54, 1.807) is 41.0 Å². The van der Waals surface area contributed by atoms with E-state index < -0.39 is 23.0 Å². The zero-order chi connectivity index (χ0) is 33.1. The monoisotopic (exact) mass is 694 g/mol. The molecule has 1 amide bonds. The highest BCUT2D eigenvalue weighted by Gasteiger charge is 2.24. The number of carbonyl (C=O) groups excluding carboxylic acids is 1. The maximum absolute atomic E-state index is 14.2. The lowest BCUT2D eigenvalue weighted by atomic mass is 10.1. The average Bonchev–Trinajstić information content (AvgIpc) is 3.05. The number of aromatic nitrogens is 1. The van der Waals surface area contributed by atoms with Gasteiger partial charge in [-0.2, -0.15) is 0 Å². The Kier molecular flexibility index (Phi) is 12.6. The number of terminal acetylenes is 1. The number of alkyl halides is 1. The van der Waals surface area contributed by atoms with Crippen LogP contribution in [-0.4, -0.2) is 42.7 Å². The Balaban J connectivity index is 1.83. The molecule has 1 heterocycles. The Morgan fingerprint density at radius 1 is 0.913 bits per heavy atom. The molecule has 0 N–H and O–H groups in total. The van der Waals surface area contributed by atoms with Crippen molar-refractivity contribution in [3.8, 4) is 35.3 Å². The summed E-state index contributed by atoms with van der Waals surface area (Å²) in [4.78, 5) is 28.9. The van der Waals surface area contributed by atoms with Crippen LogP contribution in [0.25, 0.3) is 16.6 Å². The van der Waals surface area contributed by atoms with Crippen LogP contribution in [0.3, 0.4) is 0 Å². The SMILES string of the molecule is C#CCN(C(=O)c1cn(-c2cc(OC)cc(OCCC)c2)c2cc(OCCCCCCCBr)ccc2c1=O)c1cc(F)cc(F)c1. The number of hydrogen-bond acceptors (Lipinski definition) is 5. The molecule has 0 aliphatic rings. The molecule has 4 rings (SSSR count). The smallest absolute Gasteiger partial charge is 0.264 e. The number of carbonyl (C=O) groups is 1. The van der Waals surface area contributed by atoms with Crippen LogP contribution >= 0.6 is 15.9 Å². The molecule has 0 aliphatic heterocycles. The van der Waals surface area contributed by atoms with Crippen LogP contribution in [0.4, 0.5) is 14.5 Å². The fourth-order valence-corrected chi connectivity index (χ4v) is 5.40. The van der Waals surface area contributed by atoms with Gasteiger partial charge in [-0.1, -0.05) is 48.0 Å². The molecule has 242 valence electrons. The van der Waals surface area contributed by atoms with Crippen LogP contribution in [0, 0.1) is 24.0 Å². The maximum atomic E-state index is 14.2. The van der Waals surface area contributed by atoms with Crippen molar-refractivity contribution in [2.24, 2.45) is 0 Å². The number of benzene rings is 3. The average molecular weight is 696 g/mol. The van der Waals surface area contributed by atoms with Gasteiger partial charge < -0.3 is 18.8 Å². The van der Waals surface area contributed by atoms with Gasteiger partial charge in [0.25, 0.3) is 5.91 Å². The first-order chi connectivity index (χ1) is 22.3. The van der Waals surface area contributed by atoms with Gasteiger partial charge in [-0.3, -0.25) is 14.5 Å². The number of halogens is 3. The summed E-state index contributed by atoms with van der Waals surface area (Å²) in [6.45, 7) is 2.66. The number of methoxy groups -OCH3 is 1. The van der Waals surface area contributed by atoms with Gasteiger partial charge in [0.05, 0.1) is 43.8 Å². The molecular weight excluding hydrogens is 658 g/mol. The molecule has 3 aromatic carbocycles. The molecule has 1 aromatic heterocycles. The predicted molar refractivity (Wildman–Crippen MR) is 181 cm³/mol. The summed E-state index contributed by atoms with van der Waals surface area (Å²) >= 11 is 3.46. The summed E-state index contributed by atoms with van der Waals surface area (Å²) in [7, 11) is 1.53. The molecule has 46 heavy (non-hydrogen) atoms. The molecule has 0 saturated heterocycles. The third-order valence-electron chi connectivity index (χ3n) is 7.26. The van der Waals surface area contributed by atoms with E-state index in [0.717, 1.165) is 60.9 Å². The summed E-state index contributed by atoms with van der Waals surface area (Å²) in [6, 6.07) is 13.0. The number of hydrogen-bond donors (Lipinski definition) is 0. The Morgan fingerprint density at radius 3 is 2.30 bits per heavy atom. The van der Waals surface area contributed by atoms with Gasteiger partial charge in [0.2, 0.25) is 5.43 Å². The molecule has 0 atom stereocenters. The number of fused-ring (bicyclic) bond motifs is 1. The fourth-order valence-electron chi connectivity index (χ4n) is 5.01. The van der Waals surface area contributed by atoms with E-state index in [2.05, 4.69) is 21.9 Å². The second kappa shape index (κ2) is 16.8. The minimum atomic E-state index is -0.886. The van der Waals surface area contributed by atoms with Gasteiger partial charge >= 0.3 is 0 Å². The van der Waals surface area contributed by atoms with Crippen molar-refractivity contribution in [3.05, 3.63) is 88.2 Å². The molecule has 0 saturated carbocycles. The first kappa shape index (κ1) is 34.5. The number of pyridine rings is 1. The van der Waals surface area contributed by atoms with Crippen LogP contribution in [0.5, 0.6) is 17.2 Å². The molecule has 10 heteroatoms. The number of unbranched alkanes of at least 4 members (excludes halogenated alkanes) is 4. The third kappa shape index (κ3) is 8.67. The molecule has 0 unspecified atom stereocenters. The van der Waals surface area contributed by atoms with Gasteiger partial charge in [0, 0.05) is 47.2 Å². The van der Waals surface area contributed by atoms with E-state index in [4.69, 9.17) is 20.6 Å². The lowest BCUT2D eigenvalue weighted by Gasteiger charge is -2.22. The summed E-state index contributed by atoms with van der Waals surface area (Å²) in [5, 5.41) is 1.23. The highest BCUT2D eigenvalue weighted by atomic mass is 79.9. The Bertz CT molecular complexity index is 1750. The fraction of sp³-hybridized carbons (Fsp3) is 0.333. The third-order valence-corrected chi connectivity index (χ3v) is 7.82. The van der Waals surface area contributed by atoms with Crippen LogP contribution in [-0.2, 0) is 0 Å². The first-order valence-electron chi connectivity index (χ1n) is 15.2. The van der Waals surface area contributed by atoms with Crippen molar-refractivity contribution in [1.82, 2.24) is 4.57 Å². The molecule has 0 bridgehead atoms. The molecule has 0 radical (unpaired) electrons. The van der Waals surface area contributed by atoms with Crippen molar-refractivity contribution in [1.29, 1.82) is 0 Å². The van der Waals surface area contributed by atoms with E-state index in [1.165, 1.54) is 13.3 Å². The second-order valence-electron chi connectivity index (χ2n) is 10.7. The van der Waals surface area contributed by atoms with Crippen LogP contribution in [0.15, 0.2) is 65.6 Å². The molecule has 0 aliphatic carbocycles. The Morgan fingerprint density at radius 2 is 1.61 bits per heavy atom. The predicted octanol–water partition coefficient (Wildman–Crippen LogP) is 8.07. The highest BCUT2D eigenvalue weighted by Crippen LogP contribution is 2.30. The number of ether oxygens (including phenoxy) is 3. The summed E-state index contributed by atoms with van der Waals surface area (Å²) in [6.07, 6.45) is 13.1. The zero-order valence-corrected chi connectivity index (χ0v) is 27.6. The molecule has 0 fully saturated rings. The summed E-state index contributed by atoms with van der Waals surface area (Å²) in [5.74, 6) is 1.36. The van der Waals surface area contributed by atoms with E-state index in [0.29, 0.717) is 47.7 Å². The molecule has 0 spiro atoms. The van der Waals surface area contributed by atoms with Crippen molar-refractivity contribution in [2.75, 3.05) is 37.1 Å². The van der Waals surface area contributed by atoms with Crippen molar-refractivity contribution < 1.29 is 27.8 Å². The topological polar surface area (TPSA) is 70.0 Å². The normalized spacial score (nSPS) is 10.9. The van der Waals surface area contributed by atoms with Crippen molar-refractivity contribution in [3.63, 3.8) is 0 Å². The molecule has 4 aromatic rings. The second-order valence-corrected chi connectivity index (χ2v) is 11.5. The minimum absolute atomic E-state index is 0.112.